The summed E-state index contributed by atoms with van der Waals surface area (Å²) in [6, 6.07) is 6.06. The Morgan fingerprint density at radius 3 is 2.72 bits per heavy atom. The van der Waals surface area contributed by atoms with Gasteiger partial charge in [-0.05, 0) is 48.2 Å². The molecule has 1 aromatic carbocycles. The van der Waals surface area contributed by atoms with E-state index < -0.39 is 23.7 Å². The lowest BCUT2D eigenvalue weighted by atomic mass is 10.0. The van der Waals surface area contributed by atoms with Gasteiger partial charge in [-0.2, -0.15) is 0 Å². The van der Waals surface area contributed by atoms with Crippen molar-refractivity contribution in [3.63, 3.8) is 0 Å². The number of halogens is 3. The maximum Gasteiger partial charge on any atom is 0.231 e. The van der Waals surface area contributed by atoms with Gasteiger partial charge in [-0.3, -0.25) is 4.79 Å². The number of carbonyl (C=O) groups excluding carboxylic acids is 1. The Balaban J connectivity index is 1.66. The number of benzene rings is 1. The molecule has 2 heterocycles. The maximum atomic E-state index is 13.8. The number of fused-ring (bicyclic) bond motifs is 1. The smallest absolute Gasteiger partial charge is 0.231 e. The van der Waals surface area contributed by atoms with Crippen molar-refractivity contribution in [3.05, 3.63) is 53.9 Å². The molecule has 128 valence electrons. The Bertz CT molecular complexity index is 999. The van der Waals surface area contributed by atoms with E-state index >= 15 is 0 Å². The molecule has 1 aliphatic rings. The zero-order chi connectivity index (χ0) is 17.7. The molecular formula is C18H14F3N3O. The molecule has 0 aliphatic heterocycles. The quantitative estimate of drug-likeness (QED) is 0.783. The molecule has 0 spiro atoms. The Morgan fingerprint density at radius 1 is 1.24 bits per heavy atom. The maximum absolute atomic E-state index is 13.8. The van der Waals surface area contributed by atoms with Crippen LogP contribution in [-0.2, 0) is 4.79 Å². The molecule has 0 saturated heterocycles. The number of nitrogens with one attached hydrogen (secondary N) is 1. The lowest BCUT2D eigenvalue weighted by Crippen LogP contribution is -2.15. The molecule has 1 amide bonds. The van der Waals surface area contributed by atoms with E-state index in [0.29, 0.717) is 22.6 Å². The lowest BCUT2D eigenvalue weighted by Gasteiger charge is -2.08. The highest BCUT2D eigenvalue weighted by molar-refractivity contribution is 5.94. The van der Waals surface area contributed by atoms with Crippen molar-refractivity contribution in [1.29, 1.82) is 0 Å². The van der Waals surface area contributed by atoms with E-state index in [1.807, 2.05) is 0 Å². The number of anilines is 1. The number of aromatic nitrogens is 2. The monoisotopic (exact) mass is 345 g/mol. The first-order chi connectivity index (χ1) is 11.9. The standard InChI is InChI=1S/C18H14F3N3O/c1-9-11(3-4-13(19)17(9)21)10-2-5-16-22-15(8-24(16)7-10)23-18(25)12-6-14(12)20/h2-5,7-8,12,14H,6H2,1H3,(H,23,25)/t12-,14+/m1/s1. The summed E-state index contributed by atoms with van der Waals surface area (Å²) in [6.45, 7) is 1.51. The van der Waals surface area contributed by atoms with Crippen molar-refractivity contribution in [1.82, 2.24) is 9.38 Å². The van der Waals surface area contributed by atoms with Gasteiger partial charge in [0.1, 0.15) is 11.8 Å². The molecule has 25 heavy (non-hydrogen) atoms. The minimum Gasteiger partial charge on any atom is -0.309 e. The molecule has 0 unspecified atom stereocenters. The fraction of sp³-hybridized carbons (Fsp3) is 0.222. The fourth-order valence-electron chi connectivity index (χ4n) is 2.83. The number of rotatable bonds is 3. The van der Waals surface area contributed by atoms with Gasteiger partial charge in [0.05, 0.1) is 12.1 Å². The van der Waals surface area contributed by atoms with Gasteiger partial charge >= 0.3 is 0 Å². The highest BCUT2D eigenvalue weighted by Crippen LogP contribution is 2.34. The molecule has 1 saturated carbocycles. The van der Waals surface area contributed by atoms with Crippen molar-refractivity contribution in [3.8, 4) is 11.1 Å². The largest absolute Gasteiger partial charge is 0.309 e. The van der Waals surface area contributed by atoms with Crippen LogP contribution in [-0.4, -0.2) is 21.5 Å². The molecule has 1 N–H and O–H groups in total. The van der Waals surface area contributed by atoms with Crippen LogP contribution in [0.15, 0.2) is 36.7 Å². The Kier molecular flexibility index (Phi) is 3.52. The molecule has 7 heteroatoms. The zero-order valence-electron chi connectivity index (χ0n) is 13.3. The van der Waals surface area contributed by atoms with Crippen molar-refractivity contribution in [2.75, 3.05) is 5.32 Å². The van der Waals surface area contributed by atoms with Crippen LogP contribution in [0.3, 0.4) is 0 Å². The zero-order valence-corrected chi connectivity index (χ0v) is 13.3. The molecule has 1 aliphatic carbocycles. The van der Waals surface area contributed by atoms with E-state index in [2.05, 4.69) is 10.3 Å². The van der Waals surface area contributed by atoms with Gasteiger partial charge in [0.15, 0.2) is 17.5 Å². The number of imidazole rings is 1. The minimum absolute atomic E-state index is 0.218. The van der Waals surface area contributed by atoms with E-state index in [0.717, 1.165) is 6.07 Å². The molecule has 0 bridgehead atoms. The van der Waals surface area contributed by atoms with Crippen LogP contribution in [0.2, 0.25) is 0 Å². The number of amides is 1. The van der Waals surface area contributed by atoms with E-state index in [1.165, 1.54) is 13.0 Å². The third-order valence-electron chi connectivity index (χ3n) is 4.40. The number of alkyl halides is 1. The van der Waals surface area contributed by atoms with Gasteiger partial charge in [0.25, 0.3) is 0 Å². The van der Waals surface area contributed by atoms with Crippen LogP contribution in [0, 0.1) is 24.5 Å². The Labute approximate surface area is 141 Å². The van der Waals surface area contributed by atoms with Crippen LogP contribution in [0.1, 0.15) is 12.0 Å². The van der Waals surface area contributed by atoms with Gasteiger partial charge in [-0.15, -0.1) is 0 Å². The molecular weight excluding hydrogens is 331 g/mol. The molecule has 3 aromatic rings. The second-order valence-corrected chi connectivity index (χ2v) is 6.19. The lowest BCUT2D eigenvalue weighted by molar-refractivity contribution is -0.117. The van der Waals surface area contributed by atoms with E-state index in [1.54, 1.807) is 28.9 Å². The molecule has 4 nitrogen and oxygen atoms in total. The highest BCUT2D eigenvalue weighted by atomic mass is 19.2. The number of nitrogens with zero attached hydrogens (tertiary/aromatic N) is 2. The van der Waals surface area contributed by atoms with Gasteiger partial charge in [-0.25, -0.2) is 18.2 Å². The Hall–Kier alpha value is -2.83. The van der Waals surface area contributed by atoms with E-state index in [-0.39, 0.29) is 17.9 Å². The van der Waals surface area contributed by atoms with Crippen LogP contribution in [0.25, 0.3) is 16.8 Å². The number of hydrogen-bond acceptors (Lipinski definition) is 2. The normalized spacial score (nSPS) is 19.2. The second-order valence-electron chi connectivity index (χ2n) is 6.19. The average molecular weight is 345 g/mol. The fourth-order valence-corrected chi connectivity index (χ4v) is 2.83. The van der Waals surface area contributed by atoms with Crippen LogP contribution >= 0.6 is 0 Å². The minimum atomic E-state index is -1.07. The SMILES string of the molecule is Cc1c(-c2ccc3nc(NC(=O)[C@@H]4C[C@@H]4F)cn3c2)ccc(F)c1F. The van der Waals surface area contributed by atoms with Gasteiger partial charge < -0.3 is 9.72 Å². The molecule has 1 fully saturated rings. The summed E-state index contributed by atoms with van der Waals surface area (Å²) in [5.74, 6) is -2.41. The molecule has 4 rings (SSSR count). The van der Waals surface area contributed by atoms with Crippen molar-refractivity contribution >= 4 is 17.4 Å². The summed E-state index contributed by atoms with van der Waals surface area (Å²) in [7, 11) is 0. The first kappa shape index (κ1) is 15.7. The average Bonchev–Trinajstić information content (AvgIpc) is 3.18. The van der Waals surface area contributed by atoms with Gasteiger partial charge in [0.2, 0.25) is 5.91 Å². The van der Waals surface area contributed by atoms with Crippen molar-refractivity contribution < 1.29 is 18.0 Å². The van der Waals surface area contributed by atoms with Crippen LogP contribution < -0.4 is 5.32 Å². The predicted octanol–water partition coefficient (Wildman–Crippen LogP) is 3.88. The topological polar surface area (TPSA) is 46.4 Å². The van der Waals surface area contributed by atoms with Gasteiger partial charge in [0, 0.05) is 6.20 Å². The Morgan fingerprint density at radius 2 is 2.00 bits per heavy atom. The first-order valence-corrected chi connectivity index (χ1v) is 7.82. The van der Waals surface area contributed by atoms with Crippen molar-refractivity contribution in [2.45, 2.75) is 19.5 Å². The summed E-state index contributed by atoms with van der Waals surface area (Å²) in [5.41, 5.74) is 2.05. The highest BCUT2D eigenvalue weighted by Gasteiger charge is 2.43. The summed E-state index contributed by atoms with van der Waals surface area (Å²) in [5, 5.41) is 2.59. The molecule has 0 radical (unpaired) electrons. The summed E-state index contributed by atoms with van der Waals surface area (Å²) in [4.78, 5) is 16.0. The third kappa shape index (κ3) is 2.75. The first-order valence-electron chi connectivity index (χ1n) is 7.82. The predicted molar refractivity (Wildman–Crippen MR) is 86.9 cm³/mol. The van der Waals surface area contributed by atoms with Gasteiger partial charge in [-0.1, -0.05) is 6.07 Å². The van der Waals surface area contributed by atoms with Crippen molar-refractivity contribution in [2.24, 2.45) is 5.92 Å². The van der Waals surface area contributed by atoms with E-state index in [4.69, 9.17) is 0 Å². The molecule has 2 aromatic heterocycles. The number of pyridine rings is 1. The third-order valence-corrected chi connectivity index (χ3v) is 4.40. The molecule has 2 atom stereocenters. The number of hydrogen-bond donors (Lipinski definition) is 1. The van der Waals surface area contributed by atoms with Crippen LogP contribution in [0.5, 0.6) is 0 Å². The number of carbonyl (C=O) groups is 1. The van der Waals surface area contributed by atoms with Crippen LogP contribution in [0.4, 0.5) is 19.0 Å². The van der Waals surface area contributed by atoms with E-state index in [9.17, 15) is 18.0 Å². The summed E-state index contributed by atoms with van der Waals surface area (Å²) >= 11 is 0. The summed E-state index contributed by atoms with van der Waals surface area (Å²) in [6.07, 6.45) is 2.49. The summed E-state index contributed by atoms with van der Waals surface area (Å²) < 4.78 is 41.7. The second kappa shape index (κ2) is 5.61.